The van der Waals surface area contributed by atoms with Crippen molar-refractivity contribution >= 4 is 0 Å². The Labute approximate surface area is 108 Å². The van der Waals surface area contributed by atoms with E-state index in [2.05, 4.69) is 34.1 Å². The first-order valence-corrected chi connectivity index (χ1v) is 6.49. The molecule has 0 aliphatic carbocycles. The van der Waals surface area contributed by atoms with Crippen LogP contribution in [0.25, 0.3) is 0 Å². The van der Waals surface area contributed by atoms with Crippen molar-refractivity contribution in [2.45, 2.75) is 31.5 Å². The minimum atomic E-state index is 0.206. The zero-order valence-corrected chi connectivity index (χ0v) is 11.0. The van der Waals surface area contributed by atoms with Crippen LogP contribution in [0.3, 0.4) is 0 Å². The molecule has 3 atom stereocenters. The maximum Gasteiger partial charge on any atom is 0.0800 e. The SMILES string of the molecule is CCC(COC)NC1CNNC1c1ccccn1. The number of pyridine rings is 1. The molecule has 18 heavy (non-hydrogen) atoms. The molecular formula is C13H22N4O. The highest BCUT2D eigenvalue weighted by atomic mass is 16.5. The Kier molecular flexibility index (Phi) is 5.07. The van der Waals surface area contributed by atoms with Crippen LogP contribution in [0.15, 0.2) is 24.4 Å². The highest BCUT2D eigenvalue weighted by molar-refractivity contribution is 5.13. The molecular weight excluding hydrogens is 228 g/mol. The van der Waals surface area contributed by atoms with E-state index < -0.39 is 0 Å². The van der Waals surface area contributed by atoms with Gasteiger partial charge in [0.05, 0.1) is 18.3 Å². The molecule has 2 rings (SSSR count). The van der Waals surface area contributed by atoms with Gasteiger partial charge in [0.1, 0.15) is 0 Å². The fraction of sp³-hybridized carbons (Fsp3) is 0.615. The highest BCUT2D eigenvalue weighted by Crippen LogP contribution is 2.17. The van der Waals surface area contributed by atoms with Crippen molar-refractivity contribution in [1.82, 2.24) is 21.2 Å². The number of aromatic nitrogens is 1. The van der Waals surface area contributed by atoms with Crippen LogP contribution < -0.4 is 16.2 Å². The summed E-state index contributed by atoms with van der Waals surface area (Å²) in [5.41, 5.74) is 7.54. The van der Waals surface area contributed by atoms with E-state index in [1.807, 2.05) is 18.3 Å². The van der Waals surface area contributed by atoms with E-state index in [4.69, 9.17) is 4.74 Å². The predicted molar refractivity (Wildman–Crippen MR) is 71.0 cm³/mol. The van der Waals surface area contributed by atoms with Gasteiger partial charge in [-0.1, -0.05) is 13.0 Å². The van der Waals surface area contributed by atoms with Crippen molar-refractivity contribution in [2.75, 3.05) is 20.3 Å². The molecule has 0 radical (unpaired) electrons. The van der Waals surface area contributed by atoms with Gasteiger partial charge in [0.25, 0.3) is 0 Å². The van der Waals surface area contributed by atoms with Gasteiger partial charge in [0.15, 0.2) is 0 Å². The van der Waals surface area contributed by atoms with E-state index in [0.29, 0.717) is 12.1 Å². The average molecular weight is 250 g/mol. The maximum atomic E-state index is 5.23. The lowest BCUT2D eigenvalue weighted by molar-refractivity contribution is 0.157. The zero-order valence-electron chi connectivity index (χ0n) is 11.0. The van der Waals surface area contributed by atoms with Crippen LogP contribution in [0.4, 0.5) is 0 Å². The third kappa shape index (κ3) is 3.26. The summed E-state index contributed by atoms with van der Waals surface area (Å²) in [6.07, 6.45) is 2.89. The van der Waals surface area contributed by atoms with Crippen molar-refractivity contribution in [3.8, 4) is 0 Å². The summed E-state index contributed by atoms with van der Waals surface area (Å²) in [6.45, 7) is 3.80. The number of methoxy groups -OCH3 is 1. The average Bonchev–Trinajstić information content (AvgIpc) is 2.87. The maximum absolute atomic E-state index is 5.23. The molecule has 0 saturated carbocycles. The van der Waals surface area contributed by atoms with E-state index >= 15 is 0 Å². The fourth-order valence-electron chi connectivity index (χ4n) is 2.28. The molecule has 1 aromatic rings. The Morgan fingerprint density at radius 1 is 1.56 bits per heavy atom. The first-order chi connectivity index (χ1) is 8.85. The fourth-order valence-corrected chi connectivity index (χ4v) is 2.28. The van der Waals surface area contributed by atoms with Crippen molar-refractivity contribution in [3.05, 3.63) is 30.1 Å². The van der Waals surface area contributed by atoms with Crippen molar-refractivity contribution in [2.24, 2.45) is 0 Å². The van der Waals surface area contributed by atoms with Gasteiger partial charge in [0.2, 0.25) is 0 Å². The van der Waals surface area contributed by atoms with Crippen molar-refractivity contribution in [1.29, 1.82) is 0 Å². The summed E-state index contributed by atoms with van der Waals surface area (Å²) in [6, 6.07) is 6.93. The Hall–Kier alpha value is -1.01. The largest absolute Gasteiger partial charge is 0.383 e. The summed E-state index contributed by atoms with van der Waals surface area (Å²) in [7, 11) is 1.74. The molecule has 5 heteroatoms. The van der Waals surface area contributed by atoms with E-state index in [1.165, 1.54) is 0 Å². The molecule has 1 saturated heterocycles. The number of hydrogen-bond donors (Lipinski definition) is 3. The van der Waals surface area contributed by atoms with Gasteiger partial charge in [-0.15, -0.1) is 0 Å². The molecule has 0 bridgehead atoms. The molecule has 3 unspecified atom stereocenters. The summed E-state index contributed by atoms with van der Waals surface area (Å²) in [5, 5.41) is 3.63. The van der Waals surface area contributed by atoms with Gasteiger partial charge in [-0.2, -0.15) is 0 Å². The van der Waals surface area contributed by atoms with Crippen LogP contribution in [0.1, 0.15) is 25.1 Å². The Morgan fingerprint density at radius 2 is 2.44 bits per heavy atom. The van der Waals surface area contributed by atoms with Crippen LogP contribution in [-0.2, 0) is 4.74 Å². The highest BCUT2D eigenvalue weighted by Gasteiger charge is 2.30. The van der Waals surface area contributed by atoms with Crippen LogP contribution >= 0.6 is 0 Å². The summed E-state index contributed by atoms with van der Waals surface area (Å²) in [4.78, 5) is 4.42. The van der Waals surface area contributed by atoms with Gasteiger partial charge < -0.3 is 10.1 Å². The first kappa shape index (κ1) is 13.4. The van der Waals surface area contributed by atoms with Gasteiger partial charge in [0, 0.05) is 31.9 Å². The molecule has 0 amide bonds. The second kappa shape index (κ2) is 6.80. The first-order valence-electron chi connectivity index (χ1n) is 6.49. The smallest absolute Gasteiger partial charge is 0.0800 e. The third-order valence-corrected chi connectivity index (χ3v) is 3.30. The zero-order chi connectivity index (χ0) is 12.8. The van der Waals surface area contributed by atoms with E-state index in [9.17, 15) is 0 Å². The van der Waals surface area contributed by atoms with Gasteiger partial charge in [-0.3, -0.25) is 10.4 Å². The molecule has 2 heterocycles. The second-order valence-corrected chi connectivity index (χ2v) is 4.59. The molecule has 1 aromatic heterocycles. The molecule has 100 valence electrons. The predicted octanol–water partition coefficient (Wildman–Crippen LogP) is 0.614. The normalized spacial score (nSPS) is 25.2. The molecule has 0 aromatic carbocycles. The molecule has 1 aliphatic heterocycles. The molecule has 0 spiro atoms. The van der Waals surface area contributed by atoms with Crippen LogP contribution in [0.5, 0.6) is 0 Å². The Bertz CT molecular complexity index is 346. The number of hydrazine groups is 1. The topological polar surface area (TPSA) is 58.2 Å². The van der Waals surface area contributed by atoms with Crippen LogP contribution in [0, 0.1) is 0 Å². The lowest BCUT2D eigenvalue weighted by atomic mass is 10.0. The van der Waals surface area contributed by atoms with Gasteiger partial charge in [-0.25, -0.2) is 5.43 Å². The monoisotopic (exact) mass is 250 g/mol. The van der Waals surface area contributed by atoms with E-state index in [-0.39, 0.29) is 6.04 Å². The van der Waals surface area contributed by atoms with Gasteiger partial charge in [-0.05, 0) is 18.6 Å². The Morgan fingerprint density at radius 3 is 3.11 bits per heavy atom. The number of rotatable bonds is 6. The van der Waals surface area contributed by atoms with Crippen molar-refractivity contribution in [3.63, 3.8) is 0 Å². The summed E-state index contributed by atoms with van der Waals surface area (Å²) >= 11 is 0. The minimum absolute atomic E-state index is 0.206. The lowest BCUT2D eigenvalue weighted by Crippen LogP contribution is -2.44. The third-order valence-electron chi connectivity index (χ3n) is 3.30. The molecule has 1 fully saturated rings. The van der Waals surface area contributed by atoms with E-state index in [1.54, 1.807) is 7.11 Å². The molecule has 5 nitrogen and oxygen atoms in total. The Balaban J connectivity index is 1.99. The number of ether oxygens (including phenoxy) is 1. The molecule has 1 aliphatic rings. The van der Waals surface area contributed by atoms with E-state index in [0.717, 1.165) is 25.3 Å². The van der Waals surface area contributed by atoms with Crippen LogP contribution in [0.2, 0.25) is 0 Å². The lowest BCUT2D eigenvalue weighted by Gasteiger charge is -2.24. The van der Waals surface area contributed by atoms with Crippen LogP contribution in [-0.4, -0.2) is 37.3 Å². The second-order valence-electron chi connectivity index (χ2n) is 4.59. The number of hydrogen-bond acceptors (Lipinski definition) is 5. The number of nitrogens with zero attached hydrogens (tertiary/aromatic N) is 1. The number of nitrogens with one attached hydrogen (secondary N) is 3. The van der Waals surface area contributed by atoms with Gasteiger partial charge >= 0.3 is 0 Å². The quantitative estimate of drug-likeness (QED) is 0.691. The summed E-state index contributed by atoms with van der Waals surface area (Å²) in [5.74, 6) is 0. The summed E-state index contributed by atoms with van der Waals surface area (Å²) < 4.78 is 5.23. The standard InChI is InChI=1S/C13H22N4O/c1-3-10(9-18-2)16-12-8-15-17-13(12)11-6-4-5-7-14-11/h4-7,10,12-13,15-17H,3,8-9H2,1-2H3. The van der Waals surface area contributed by atoms with Crippen molar-refractivity contribution < 1.29 is 4.74 Å². The molecule has 3 N–H and O–H groups in total. The minimum Gasteiger partial charge on any atom is -0.383 e.